The number of thiophene rings is 1. The summed E-state index contributed by atoms with van der Waals surface area (Å²) in [5.41, 5.74) is 1.01. The van der Waals surface area contributed by atoms with Crippen LogP contribution in [0.25, 0.3) is 0 Å². The first-order valence-electron chi connectivity index (χ1n) is 6.41. The minimum atomic E-state index is -3.34. The monoisotopic (exact) mass is 303 g/mol. The smallest absolute Gasteiger partial charge is 0.250 e. The average Bonchev–Trinajstić information content (AvgIpc) is 2.97. The van der Waals surface area contributed by atoms with Crippen LogP contribution in [0.2, 0.25) is 0 Å². The Hall–Kier alpha value is -0.470. The van der Waals surface area contributed by atoms with Gasteiger partial charge in [-0.1, -0.05) is 0 Å². The predicted octanol–water partition coefficient (Wildman–Crippen LogP) is 0.698. The van der Waals surface area contributed by atoms with Crippen molar-refractivity contribution >= 4 is 21.4 Å². The fourth-order valence-corrected chi connectivity index (χ4v) is 4.65. The van der Waals surface area contributed by atoms with Gasteiger partial charge in [-0.05, 0) is 50.0 Å². The van der Waals surface area contributed by atoms with Crippen LogP contribution in [0.1, 0.15) is 12.0 Å². The summed E-state index contributed by atoms with van der Waals surface area (Å²) in [6, 6.07) is 1.74. The van der Waals surface area contributed by atoms with Crippen molar-refractivity contribution in [2.45, 2.75) is 17.2 Å². The molecule has 1 aliphatic heterocycles. The van der Waals surface area contributed by atoms with Crippen LogP contribution in [0, 0.1) is 5.92 Å². The van der Waals surface area contributed by atoms with Crippen molar-refractivity contribution in [3.63, 3.8) is 0 Å². The van der Waals surface area contributed by atoms with Gasteiger partial charge in [-0.15, -0.1) is 11.3 Å². The molecule has 0 spiro atoms. The molecule has 0 amide bonds. The molecule has 7 heteroatoms. The Morgan fingerprint density at radius 3 is 2.95 bits per heavy atom. The highest BCUT2D eigenvalue weighted by atomic mass is 32.2. The Kier molecular flexibility index (Phi) is 4.97. The quantitative estimate of drug-likeness (QED) is 0.812. The second-order valence-electron chi connectivity index (χ2n) is 5.07. The molecule has 0 aromatic carbocycles. The van der Waals surface area contributed by atoms with Crippen molar-refractivity contribution < 1.29 is 8.42 Å². The standard InChI is InChI=1S/C12H21N3O2S2/c1-13-6-11-5-12(18-9-11)19(16,17)14-7-10-3-4-15(2)8-10/h5,9-10,13-14H,3-4,6-8H2,1-2H3. The van der Waals surface area contributed by atoms with E-state index in [0.717, 1.165) is 25.1 Å². The summed E-state index contributed by atoms with van der Waals surface area (Å²) in [7, 11) is 0.575. The summed E-state index contributed by atoms with van der Waals surface area (Å²) in [5.74, 6) is 0.427. The first kappa shape index (κ1) is 14.9. The lowest BCUT2D eigenvalue weighted by atomic mass is 10.1. The van der Waals surface area contributed by atoms with Crippen molar-refractivity contribution in [2.24, 2.45) is 5.92 Å². The van der Waals surface area contributed by atoms with E-state index in [2.05, 4.69) is 22.0 Å². The van der Waals surface area contributed by atoms with Crippen molar-refractivity contribution in [3.8, 4) is 0 Å². The molecule has 1 aromatic rings. The second-order valence-corrected chi connectivity index (χ2v) is 7.98. The van der Waals surface area contributed by atoms with Crippen molar-refractivity contribution in [1.29, 1.82) is 0 Å². The van der Waals surface area contributed by atoms with E-state index in [1.54, 1.807) is 6.07 Å². The normalized spacial score (nSPS) is 21.1. The highest BCUT2D eigenvalue weighted by molar-refractivity contribution is 7.91. The number of nitrogens with zero attached hydrogens (tertiary/aromatic N) is 1. The first-order chi connectivity index (χ1) is 9.01. The van der Waals surface area contributed by atoms with Gasteiger partial charge in [0.05, 0.1) is 0 Å². The average molecular weight is 303 g/mol. The third kappa shape index (κ3) is 4.00. The number of hydrogen-bond acceptors (Lipinski definition) is 5. The van der Waals surface area contributed by atoms with E-state index in [-0.39, 0.29) is 0 Å². The Labute approximate surface area is 119 Å². The summed E-state index contributed by atoms with van der Waals surface area (Å²) in [6.07, 6.45) is 1.06. The number of hydrogen-bond donors (Lipinski definition) is 2. The maximum atomic E-state index is 12.2. The maximum Gasteiger partial charge on any atom is 0.250 e. The molecule has 0 bridgehead atoms. The minimum Gasteiger partial charge on any atom is -0.316 e. The van der Waals surface area contributed by atoms with E-state index >= 15 is 0 Å². The van der Waals surface area contributed by atoms with Gasteiger partial charge < -0.3 is 10.2 Å². The highest BCUT2D eigenvalue weighted by Gasteiger charge is 2.23. The molecule has 5 nitrogen and oxygen atoms in total. The molecule has 0 aliphatic carbocycles. The van der Waals surface area contributed by atoms with Crippen LogP contribution < -0.4 is 10.0 Å². The Balaban J connectivity index is 1.93. The molecular weight excluding hydrogens is 282 g/mol. The zero-order valence-corrected chi connectivity index (χ0v) is 13.0. The van der Waals surface area contributed by atoms with Gasteiger partial charge in [0, 0.05) is 19.6 Å². The molecule has 19 heavy (non-hydrogen) atoms. The van der Waals surface area contributed by atoms with Gasteiger partial charge >= 0.3 is 0 Å². The van der Waals surface area contributed by atoms with Gasteiger partial charge in [0.2, 0.25) is 10.0 Å². The van der Waals surface area contributed by atoms with Gasteiger partial charge in [-0.2, -0.15) is 0 Å². The molecule has 0 saturated carbocycles. The van der Waals surface area contributed by atoms with Crippen LogP contribution in [0.4, 0.5) is 0 Å². The number of sulfonamides is 1. The van der Waals surface area contributed by atoms with Gasteiger partial charge in [0.15, 0.2) is 0 Å². The summed E-state index contributed by atoms with van der Waals surface area (Å²) in [4.78, 5) is 2.23. The van der Waals surface area contributed by atoms with Crippen LogP contribution in [0.15, 0.2) is 15.7 Å². The first-order valence-corrected chi connectivity index (χ1v) is 8.78. The van der Waals surface area contributed by atoms with Crippen molar-refractivity contribution in [3.05, 3.63) is 17.0 Å². The van der Waals surface area contributed by atoms with Crippen molar-refractivity contribution in [1.82, 2.24) is 14.9 Å². The predicted molar refractivity (Wildman–Crippen MR) is 77.9 cm³/mol. The summed E-state index contributed by atoms with van der Waals surface area (Å²) >= 11 is 1.28. The van der Waals surface area contributed by atoms with Crippen LogP contribution in [0.5, 0.6) is 0 Å². The molecule has 1 fully saturated rings. The molecule has 1 aliphatic rings. The SMILES string of the molecule is CNCc1csc(S(=O)(=O)NCC2CCN(C)C2)c1. The van der Waals surface area contributed by atoms with E-state index in [1.807, 2.05) is 12.4 Å². The van der Waals surface area contributed by atoms with Crippen LogP contribution >= 0.6 is 11.3 Å². The summed E-state index contributed by atoms with van der Waals surface area (Å²) in [6.45, 7) is 3.25. The third-order valence-electron chi connectivity index (χ3n) is 3.33. The lowest BCUT2D eigenvalue weighted by Gasteiger charge is -2.11. The molecule has 0 radical (unpaired) electrons. The molecule has 2 heterocycles. The lowest BCUT2D eigenvalue weighted by Crippen LogP contribution is -2.30. The highest BCUT2D eigenvalue weighted by Crippen LogP contribution is 2.21. The van der Waals surface area contributed by atoms with E-state index in [4.69, 9.17) is 0 Å². The van der Waals surface area contributed by atoms with E-state index in [9.17, 15) is 8.42 Å². The van der Waals surface area contributed by atoms with Crippen LogP contribution in [-0.2, 0) is 16.6 Å². The Morgan fingerprint density at radius 1 is 1.53 bits per heavy atom. The van der Waals surface area contributed by atoms with Gasteiger partial charge in [-0.3, -0.25) is 0 Å². The zero-order valence-electron chi connectivity index (χ0n) is 11.3. The molecule has 1 saturated heterocycles. The number of likely N-dealkylation sites (tertiary alicyclic amines) is 1. The van der Waals surface area contributed by atoms with Crippen LogP contribution in [0.3, 0.4) is 0 Å². The van der Waals surface area contributed by atoms with E-state index in [0.29, 0.717) is 23.2 Å². The Bertz CT molecular complexity index is 513. The molecule has 1 aromatic heterocycles. The fraction of sp³-hybridized carbons (Fsp3) is 0.667. The molecule has 108 valence electrons. The molecule has 1 unspecified atom stereocenters. The maximum absolute atomic E-state index is 12.2. The fourth-order valence-electron chi connectivity index (χ4n) is 2.28. The second kappa shape index (κ2) is 6.32. The summed E-state index contributed by atoms with van der Waals surface area (Å²) < 4.78 is 27.4. The third-order valence-corrected chi connectivity index (χ3v) is 6.24. The topological polar surface area (TPSA) is 61.4 Å². The van der Waals surface area contributed by atoms with Gasteiger partial charge in [-0.25, -0.2) is 13.1 Å². The number of nitrogens with one attached hydrogen (secondary N) is 2. The summed E-state index contributed by atoms with van der Waals surface area (Å²) in [5, 5.41) is 4.90. The van der Waals surface area contributed by atoms with Gasteiger partial charge in [0.1, 0.15) is 4.21 Å². The van der Waals surface area contributed by atoms with Crippen molar-refractivity contribution in [2.75, 3.05) is 33.7 Å². The van der Waals surface area contributed by atoms with Gasteiger partial charge in [0.25, 0.3) is 0 Å². The molecule has 2 rings (SSSR count). The largest absolute Gasteiger partial charge is 0.316 e. The molecule has 2 N–H and O–H groups in total. The van der Waals surface area contributed by atoms with E-state index < -0.39 is 10.0 Å². The molecular formula is C12H21N3O2S2. The zero-order chi connectivity index (χ0) is 13.9. The van der Waals surface area contributed by atoms with E-state index in [1.165, 1.54) is 11.3 Å². The minimum absolute atomic E-state index is 0.407. The lowest BCUT2D eigenvalue weighted by molar-refractivity contribution is 0.394. The Morgan fingerprint density at radius 2 is 2.32 bits per heavy atom. The molecule has 1 atom stereocenters. The van der Waals surface area contributed by atoms with Crippen LogP contribution in [-0.4, -0.2) is 47.0 Å². The number of rotatable bonds is 6.